The molecule has 3 rings (SSSR count). The Bertz CT molecular complexity index is 665. The molecule has 0 radical (unpaired) electrons. The fourth-order valence-corrected chi connectivity index (χ4v) is 2.67. The van der Waals surface area contributed by atoms with E-state index in [1.165, 1.54) is 0 Å². The summed E-state index contributed by atoms with van der Waals surface area (Å²) >= 11 is 0. The molecule has 1 fully saturated rings. The summed E-state index contributed by atoms with van der Waals surface area (Å²) in [6.07, 6.45) is -2.73. The molecular weight excluding hydrogens is 314 g/mol. The fourth-order valence-electron chi connectivity index (χ4n) is 2.67. The molecule has 0 saturated carbocycles. The van der Waals surface area contributed by atoms with Gasteiger partial charge < -0.3 is 29.9 Å². The summed E-state index contributed by atoms with van der Waals surface area (Å²) in [4.78, 5) is 3.91. The molecule has 1 aliphatic rings. The maximum atomic E-state index is 10.2. The summed E-state index contributed by atoms with van der Waals surface area (Å²) in [6.45, 7) is -0.464. The third-order valence-electron chi connectivity index (χ3n) is 3.96. The van der Waals surface area contributed by atoms with Gasteiger partial charge in [-0.25, -0.2) is 0 Å². The maximum absolute atomic E-state index is 10.2. The molecule has 128 valence electrons. The number of nitrogens with zero attached hydrogens (tertiary/aromatic N) is 1. The number of pyridine rings is 1. The van der Waals surface area contributed by atoms with Gasteiger partial charge in [0.1, 0.15) is 42.0 Å². The third kappa shape index (κ3) is 3.40. The summed E-state index contributed by atoms with van der Waals surface area (Å²) in [6, 6.07) is 10.3. The highest BCUT2D eigenvalue weighted by molar-refractivity contribution is 5.34. The second kappa shape index (κ2) is 7.25. The van der Waals surface area contributed by atoms with Crippen LogP contribution >= 0.6 is 0 Å². The van der Waals surface area contributed by atoms with Crippen LogP contribution in [0.2, 0.25) is 0 Å². The highest BCUT2D eigenvalue weighted by atomic mass is 16.5. The van der Waals surface area contributed by atoms with Gasteiger partial charge in [0.05, 0.1) is 6.61 Å². The smallest absolute Gasteiger partial charge is 0.130 e. The van der Waals surface area contributed by atoms with Crippen LogP contribution in [0.5, 0.6) is 11.5 Å². The Labute approximate surface area is 138 Å². The second-order valence-electron chi connectivity index (χ2n) is 5.61. The Morgan fingerprint density at radius 3 is 2.42 bits per heavy atom. The molecule has 0 amide bonds. The summed E-state index contributed by atoms with van der Waals surface area (Å²) < 4.78 is 11.3. The Morgan fingerprint density at radius 2 is 1.71 bits per heavy atom. The minimum Gasteiger partial charge on any atom is -0.457 e. The van der Waals surface area contributed by atoms with Crippen LogP contribution in [0.15, 0.2) is 48.8 Å². The number of aromatic nitrogens is 1. The van der Waals surface area contributed by atoms with Gasteiger partial charge in [-0.05, 0) is 29.8 Å². The van der Waals surface area contributed by atoms with Gasteiger partial charge in [-0.3, -0.25) is 4.98 Å². The number of hydrogen-bond donors (Lipinski definition) is 4. The SMILES string of the molecule is OCC1O[C@H](c2cccc(Oc3ccncc3)c2)C(O)C(O)[C@@H]1O. The first-order valence-corrected chi connectivity index (χ1v) is 7.58. The lowest BCUT2D eigenvalue weighted by Crippen LogP contribution is -2.55. The highest BCUT2D eigenvalue weighted by Crippen LogP contribution is 2.34. The topological polar surface area (TPSA) is 112 Å². The van der Waals surface area contributed by atoms with Crippen LogP contribution in [-0.2, 0) is 4.74 Å². The van der Waals surface area contributed by atoms with E-state index in [1.807, 2.05) is 0 Å². The monoisotopic (exact) mass is 333 g/mol. The van der Waals surface area contributed by atoms with Gasteiger partial charge in [0, 0.05) is 12.4 Å². The van der Waals surface area contributed by atoms with Crippen LogP contribution in [-0.4, -0.2) is 56.4 Å². The number of aliphatic hydroxyl groups excluding tert-OH is 4. The predicted octanol–water partition coefficient (Wildman–Crippen LogP) is 0.389. The number of hydrogen-bond acceptors (Lipinski definition) is 7. The Morgan fingerprint density at radius 1 is 0.958 bits per heavy atom. The average molecular weight is 333 g/mol. The molecule has 3 unspecified atom stereocenters. The summed E-state index contributed by atoms with van der Waals surface area (Å²) in [5, 5.41) is 39.2. The number of ether oxygens (including phenoxy) is 2. The van der Waals surface area contributed by atoms with Crippen molar-refractivity contribution >= 4 is 0 Å². The molecule has 1 aliphatic heterocycles. The van der Waals surface area contributed by atoms with Crippen molar-refractivity contribution in [1.29, 1.82) is 0 Å². The maximum Gasteiger partial charge on any atom is 0.130 e. The van der Waals surface area contributed by atoms with Crippen LogP contribution in [0.4, 0.5) is 0 Å². The van der Waals surface area contributed by atoms with Crippen molar-refractivity contribution in [3.8, 4) is 11.5 Å². The zero-order chi connectivity index (χ0) is 17.1. The average Bonchev–Trinajstić information content (AvgIpc) is 2.61. The zero-order valence-electron chi connectivity index (χ0n) is 12.8. The molecule has 1 aromatic heterocycles. The van der Waals surface area contributed by atoms with Gasteiger partial charge in [-0.1, -0.05) is 12.1 Å². The number of rotatable bonds is 4. The van der Waals surface area contributed by atoms with Crippen LogP contribution in [0.1, 0.15) is 11.7 Å². The number of benzene rings is 1. The van der Waals surface area contributed by atoms with E-state index in [4.69, 9.17) is 9.47 Å². The van der Waals surface area contributed by atoms with Crippen molar-refractivity contribution < 1.29 is 29.9 Å². The molecule has 7 heteroatoms. The highest BCUT2D eigenvalue weighted by Gasteiger charge is 2.43. The summed E-state index contributed by atoms with van der Waals surface area (Å²) in [5.41, 5.74) is 0.568. The molecular formula is C17H19NO6. The van der Waals surface area contributed by atoms with Crippen molar-refractivity contribution in [2.24, 2.45) is 0 Å². The molecule has 0 spiro atoms. The third-order valence-corrected chi connectivity index (χ3v) is 3.96. The van der Waals surface area contributed by atoms with E-state index in [-0.39, 0.29) is 0 Å². The quantitative estimate of drug-likeness (QED) is 0.640. The zero-order valence-corrected chi connectivity index (χ0v) is 12.8. The molecule has 0 aliphatic carbocycles. The first kappa shape index (κ1) is 16.8. The van der Waals surface area contributed by atoms with Crippen molar-refractivity contribution in [2.45, 2.75) is 30.5 Å². The van der Waals surface area contributed by atoms with Crippen molar-refractivity contribution in [2.75, 3.05) is 6.61 Å². The van der Waals surface area contributed by atoms with E-state index >= 15 is 0 Å². The fraction of sp³-hybridized carbons (Fsp3) is 0.353. The number of aliphatic hydroxyl groups is 4. The molecule has 2 aromatic rings. The van der Waals surface area contributed by atoms with E-state index in [0.717, 1.165) is 0 Å². The van der Waals surface area contributed by atoms with Crippen molar-refractivity contribution in [3.05, 3.63) is 54.4 Å². The molecule has 0 bridgehead atoms. The van der Waals surface area contributed by atoms with E-state index in [0.29, 0.717) is 17.1 Å². The van der Waals surface area contributed by atoms with Gasteiger partial charge in [0.15, 0.2) is 0 Å². The minimum absolute atomic E-state index is 0.464. The molecule has 5 atom stereocenters. The van der Waals surface area contributed by atoms with Crippen LogP contribution in [0.3, 0.4) is 0 Å². The van der Waals surface area contributed by atoms with Crippen molar-refractivity contribution in [3.63, 3.8) is 0 Å². The standard InChI is InChI=1S/C17H19NO6/c19-9-13-14(20)15(21)16(22)17(24-13)10-2-1-3-12(8-10)23-11-4-6-18-7-5-11/h1-8,13-17,19-22H,9H2/t13?,14-,15?,16?,17-/m1/s1. The van der Waals surface area contributed by atoms with E-state index < -0.39 is 37.1 Å². The first-order chi connectivity index (χ1) is 11.6. The van der Waals surface area contributed by atoms with Gasteiger partial charge in [0.25, 0.3) is 0 Å². The summed E-state index contributed by atoms with van der Waals surface area (Å²) in [5.74, 6) is 1.13. The van der Waals surface area contributed by atoms with Crippen LogP contribution < -0.4 is 4.74 Å². The molecule has 1 aromatic carbocycles. The van der Waals surface area contributed by atoms with Crippen LogP contribution in [0.25, 0.3) is 0 Å². The molecule has 4 N–H and O–H groups in total. The Balaban J connectivity index is 1.82. The lowest BCUT2D eigenvalue weighted by Gasteiger charge is -2.40. The molecule has 1 saturated heterocycles. The second-order valence-corrected chi connectivity index (χ2v) is 5.61. The van der Waals surface area contributed by atoms with Gasteiger partial charge >= 0.3 is 0 Å². The lowest BCUT2D eigenvalue weighted by atomic mass is 9.91. The Kier molecular flexibility index (Phi) is 5.08. The molecule has 2 heterocycles. The normalized spacial score (nSPS) is 30.1. The first-order valence-electron chi connectivity index (χ1n) is 7.58. The summed E-state index contributed by atoms with van der Waals surface area (Å²) in [7, 11) is 0. The predicted molar refractivity (Wildman–Crippen MR) is 83.5 cm³/mol. The Hall–Kier alpha value is -2.03. The van der Waals surface area contributed by atoms with Gasteiger partial charge in [-0.15, -0.1) is 0 Å². The van der Waals surface area contributed by atoms with E-state index in [1.54, 1.807) is 48.8 Å². The van der Waals surface area contributed by atoms with Gasteiger partial charge in [-0.2, -0.15) is 0 Å². The largest absolute Gasteiger partial charge is 0.457 e. The lowest BCUT2D eigenvalue weighted by molar-refractivity contribution is -0.231. The molecule has 24 heavy (non-hydrogen) atoms. The minimum atomic E-state index is -1.41. The van der Waals surface area contributed by atoms with E-state index in [9.17, 15) is 20.4 Å². The van der Waals surface area contributed by atoms with Crippen molar-refractivity contribution in [1.82, 2.24) is 4.98 Å². The van der Waals surface area contributed by atoms with E-state index in [2.05, 4.69) is 4.98 Å². The van der Waals surface area contributed by atoms with Gasteiger partial charge in [0.2, 0.25) is 0 Å². The van der Waals surface area contributed by atoms with Crippen LogP contribution in [0, 0.1) is 0 Å². The molecule has 7 nitrogen and oxygen atoms in total.